The van der Waals surface area contributed by atoms with Gasteiger partial charge in [0, 0.05) is 0 Å². The van der Waals surface area contributed by atoms with Gasteiger partial charge in [0.05, 0.1) is 0 Å². The molecule has 4 heteroatoms. The Bertz CT molecular complexity index is 247. The Morgan fingerprint density at radius 3 is 2.64 bits per heavy atom. The fraction of sp³-hybridized carbons (Fsp3) is 0.600. The van der Waals surface area contributed by atoms with E-state index in [0.29, 0.717) is 16.7 Å². The van der Waals surface area contributed by atoms with Gasteiger partial charge in [0.25, 0.3) is 0 Å². The van der Waals surface area contributed by atoms with Crippen LogP contribution < -0.4 is 5.73 Å². The van der Waals surface area contributed by atoms with Crippen molar-refractivity contribution in [2.75, 3.05) is 6.61 Å². The zero-order chi connectivity index (χ0) is 11.0. The van der Waals surface area contributed by atoms with Crippen LogP contribution in [0.2, 0.25) is 0 Å². The molecule has 0 aliphatic carbocycles. The first-order valence-corrected chi connectivity index (χ1v) is 4.87. The fourth-order valence-electron chi connectivity index (χ4n) is 1.08. The predicted molar refractivity (Wildman–Crippen MR) is 58.0 cm³/mol. The van der Waals surface area contributed by atoms with Crippen molar-refractivity contribution >= 4 is 7.15 Å². The van der Waals surface area contributed by atoms with Gasteiger partial charge in [-0.05, 0) is 0 Å². The molecule has 78 valence electrons. The van der Waals surface area contributed by atoms with Crippen molar-refractivity contribution in [3.05, 3.63) is 22.8 Å². The molecule has 0 amide bonds. The Balaban J connectivity index is 4.57. The summed E-state index contributed by atoms with van der Waals surface area (Å²) < 4.78 is 10.4. The van der Waals surface area contributed by atoms with E-state index in [1.807, 2.05) is 0 Å². The number of aliphatic hydroxyl groups is 1. The standard InChI is InChI=1S/C10H18BNO2/c1-3-4-5-10(12)9(7-13)6-8(2)11-14/h6,13H,3-5,7,12H2,1-2H3/b8-6-,10-9+. The molecule has 0 saturated carbocycles. The van der Waals surface area contributed by atoms with E-state index in [0.717, 1.165) is 26.4 Å². The number of aliphatic hydroxyl groups excluding tert-OH is 1. The Kier molecular flexibility index (Phi) is 7.02. The molecule has 0 unspecified atom stereocenters. The molecule has 0 aromatic heterocycles. The Hall–Kier alpha value is -0.895. The van der Waals surface area contributed by atoms with Crippen molar-refractivity contribution in [3.8, 4) is 0 Å². The third-order valence-electron chi connectivity index (χ3n) is 1.97. The minimum absolute atomic E-state index is 0.110. The van der Waals surface area contributed by atoms with E-state index >= 15 is 0 Å². The van der Waals surface area contributed by atoms with Crippen LogP contribution in [0.15, 0.2) is 22.8 Å². The molecule has 0 aliphatic heterocycles. The molecule has 0 radical (unpaired) electrons. The van der Waals surface area contributed by atoms with E-state index in [1.54, 1.807) is 13.0 Å². The molecule has 3 N–H and O–H groups in total. The predicted octanol–water partition coefficient (Wildman–Crippen LogP) is 1.34. The van der Waals surface area contributed by atoms with E-state index in [-0.39, 0.29) is 6.61 Å². The molecule has 0 spiro atoms. The average Bonchev–Trinajstić information content (AvgIpc) is 2.21. The van der Waals surface area contributed by atoms with Gasteiger partial charge in [-0.2, -0.15) is 0 Å². The monoisotopic (exact) mass is 195 g/mol. The van der Waals surface area contributed by atoms with Crippen molar-refractivity contribution in [2.45, 2.75) is 33.1 Å². The van der Waals surface area contributed by atoms with Crippen LogP contribution in [0.1, 0.15) is 33.1 Å². The summed E-state index contributed by atoms with van der Waals surface area (Å²) in [6.07, 6.45) is 4.48. The molecular weight excluding hydrogens is 177 g/mol. The third kappa shape index (κ3) is 4.97. The molecule has 0 bridgehead atoms. The summed E-state index contributed by atoms with van der Waals surface area (Å²) in [6, 6.07) is 0. The molecule has 0 saturated heterocycles. The summed E-state index contributed by atoms with van der Waals surface area (Å²) >= 11 is 0. The van der Waals surface area contributed by atoms with Crippen molar-refractivity contribution in [2.24, 2.45) is 5.73 Å². The first kappa shape index (κ1) is 13.1. The summed E-state index contributed by atoms with van der Waals surface area (Å²) in [6.45, 7) is 3.66. The number of unbranched alkanes of at least 4 members (excludes halogenated alkanes) is 1. The van der Waals surface area contributed by atoms with Crippen LogP contribution in [0.3, 0.4) is 0 Å². The third-order valence-corrected chi connectivity index (χ3v) is 1.97. The van der Waals surface area contributed by atoms with Crippen LogP contribution >= 0.6 is 0 Å². The minimum atomic E-state index is -0.110. The maximum atomic E-state index is 10.4. The molecule has 0 aromatic carbocycles. The van der Waals surface area contributed by atoms with Gasteiger partial charge in [0.1, 0.15) is 0 Å². The molecule has 14 heavy (non-hydrogen) atoms. The molecule has 0 aromatic rings. The molecule has 0 atom stereocenters. The van der Waals surface area contributed by atoms with Crippen LogP contribution in [-0.4, -0.2) is 18.9 Å². The van der Waals surface area contributed by atoms with Crippen molar-refractivity contribution in [3.63, 3.8) is 0 Å². The van der Waals surface area contributed by atoms with Crippen molar-refractivity contribution in [1.82, 2.24) is 0 Å². The average molecular weight is 195 g/mol. The SMILES string of the molecule is CCCC/C(N)=C(/C=C(/C)B=O)CO. The van der Waals surface area contributed by atoms with Gasteiger partial charge in [-0.1, -0.05) is 0 Å². The Morgan fingerprint density at radius 1 is 1.57 bits per heavy atom. The molecular formula is C10H18BNO2. The van der Waals surface area contributed by atoms with E-state index in [1.165, 1.54) is 0 Å². The van der Waals surface area contributed by atoms with Gasteiger partial charge in [0.15, 0.2) is 0 Å². The van der Waals surface area contributed by atoms with Crippen LogP contribution in [0.25, 0.3) is 0 Å². The number of hydrogen-bond donors (Lipinski definition) is 2. The van der Waals surface area contributed by atoms with Crippen LogP contribution in [0, 0.1) is 0 Å². The van der Waals surface area contributed by atoms with E-state index in [4.69, 9.17) is 10.8 Å². The fourth-order valence-corrected chi connectivity index (χ4v) is 1.08. The zero-order valence-electron chi connectivity index (χ0n) is 8.92. The van der Waals surface area contributed by atoms with Crippen LogP contribution in [-0.2, 0) is 4.70 Å². The van der Waals surface area contributed by atoms with Gasteiger partial charge >= 0.3 is 85.2 Å². The number of rotatable bonds is 6. The molecule has 0 rings (SSSR count). The summed E-state index contributed by atoms with van der Waals surface area (Å²) in [4.78, 5) is 0. The normalized spacial score (nSPS) is 13.5. The van der Waals surface area contributed by atoms with E-state index in [9.17, 15) is 4.70 Å². The van der Waals surface area contributed by atoms with Gasteiger partial charge in [-0.25, -0.2) is 0 Å². The van der Waals surface area contributed by atoms with Crippen LogP contribution in [0.4, 0.5) is 0 Å². The summed E-state index contributed by atoms with van der Waals surface area (Å²) in [5.74, 6) is 0. The quantitative estimate of drug-likeness (QED) is 0.496. The Morgan fingerprint density at radius 2 is 2.21 bits per heavy atom. The van der Waals surface area contributed by atoms with Crippen molar-refractivity contribution in [1.29, 1.82) is 0 Å². The first-order valence-electron chi connectivity index (χ1n) is 4.87. The molecule has 0 fully saturated rings. The van der Waals surface area contributed by atoms with E-state index in [2.05, 4.69) is 6.92 Å². The zero-order valence-corrected chi connectivity index (χ0v) is 8.92. The van der Waals surface area contributed by atoms with Gasteiger partial charge in [0.2, 0.25) is 0 Å². The van der Waals surface area contributed by atoms with Crippen molar-refractivity contribution < 1.29 is 9.81 Å². The second-order valence-corrected chi connectivity index (χ2v) is 3.32. The molecule has 3 nitrogen and oxygen atoms in total. The Labute approximate surface area is 85.9 Å². The molecule has 0 heterocycles. The summed E-state index contributed by atoms with van der Waals surface area (Å²) in [5, 5.41) is 9.04. The number of hydrogen-bond acceptors (Lipinski definition) is 3. The van der Waals surface area contributed by atoms with E-state index < -0.39 is 0 Å². The maximum absolute atomic E-state index is 10.4. The first-order chi connectivity index (χ1) is 6.65. The van der Waals surface area contributed by atoms with Crippen LogP contribution in [0.5, 0.6) is 0 Å². The summed E-state index contributed by atoms with van der Waals surface area (Å²) in [7, 11) is 0.753. The van der Waals surface area contributed by atoms with Gasteiger partial charge in [-0.15, -0.1) is 0 Å². The second-order valence-electron chi connectivity index (χ2n) is 3.32. The summed E-state index contributed by atoms with van der Waals surface area (Å²) in [5.41, 5.74) is 7.69. The number of allylic oxidation sites excluding steroid dienone is 2. The second kappa shape index (κ2) is 7.50. The van der Waals surface area contributed by atoms with Gasteiger partial charge in [-0.3, -0.25) is 0 Å². The number of nitrogens with two attached hydrogens (primary N) is 1. The molecule has 0 aliphatic rings. The van der Waals surface area contributed by atoms with Gasteiger partial charge < -0.3 is 0 Å². The topological polar surface area (TPSA) is 63.3 Å².